The number of thiophene rings is 1. The average Bonchev–Trinajstić information content (AvgIpc) is 3.92. The highest BCUT2D eigenvalue weighted by molar-refractivity contribution is 7.26. The number of anilines is 3. The summed E-state index contributed by atoms with van der Waals surface area (Å²) >= 11 is 1.91. The van der Waals surface area contributed by atoms with Crippen LogP contribution in [0.2, 0.25) is 0 Å². The zero-order valence-corrected chi connectivity index (χ0v) is 34.4. The molecular weight excluding hydrogens is 735 g/mol. The molecule has 1 aromatic heterocycles. The second-order valence-electron chi connectivity index (χ2n) is 19.3. The van der Waals surface area contributed by atoms with Gasteiger partial charge in [-0.2, -0.15) is 0 Å². The molecule has 8 aromatic rings. The van der Waals surface area contributed by atoms with E-state index in [1.165, 1.54) is 97.0 Å². The van der Waals surface area contributed by atoms with Gasteiger partial charge >= 0.3 is 0 Å². The molecule has 0 radical (unpaired) electrons. The SMILES string of the molecule is CC1(C)c2ccccc2C2(c3ccccc3Oc3ccc(N(c4ccc(C56CC7CC8CC(C5)C86C7)cc4)c4cccc5c4sc4ccccc45)cc32)c2ccccc21. The van der Waals surface area contributed by atoms with E-state index >= 15 is 0 Å². The van der Waals surface area contributed by atoms with Crippen molar-refractivity contribution >= 4 is 48.6 Å². The van der Waals surface area contributed by atoms with E-state index in [4.69, 9.17) is 4.74 Å². The van der Waals surface area contributed by atoms with E-state index < -0.39 is 5.41 Å². The van der Waals surface area contributed by atoms with Gasteiger partial charge in [0, 0.05) is 48.8 Å². The van der Waals surface area contributed by atoms with Gasteiger partial charge in [-0.05, 0) is 132 Å². The smallest absolute Gasteiger partial charge is 0.132 e. The van der Waals surface area contributed by atoms with Crippen LogP contribution in [0.5, 0.6) is 11.5 Å². The van der Waals surface area contributed by atoms with Gasteiger partial charge in [-0.1, -0.05) is 123 Å². The molecule has 4 fully saturated rings. The molecule has 3 heteroatoms. The van der Waals surface area contributed by atoms with Crippen LogP contribution in [0.4, 0.5) is 17.1 Å². The standard InChI is InChI=1S/C56H45NOS/c1-53(2)42-14-4-6-16-44(42)56(45-17-7-5-15-43(45)53)46-18-8-9-20-49(46)58-50-27-26-39(30-47(50)56)57(48-19-11-13-41-40-12-3-10-21-51(40)59-52(41)48)38-24-22-35(23-25-38)54-31-34-28-36-29-37(33-54)55(36,54)32-34/h3-27,30,34,36-37H,28-29,31-33H2,1-2H3. The highest BCUT2D eigenvalue weighted by atomic mass is 32.1. The maximum atomic E-state index is 6.96. The molecule has 2 nitrogen and oxygen atoms in total. The fourth-order valence-electron chi connectivity index (χ4n) is 14.7. The molecule has 2 bridgehead atoms. The van der Waals surface area contributed by atoms with Gasteiger partial charge in [-0.15, -0.1) is 11.3 Å². The van der Waals surface area contributed by atoms with Crippen molar-refractivity contribution < 1.29 is 4.74 Å². The van der Waals surface area contributed by atoms with Crippen LogP contribution in [0.1, 0.15) is 84.9 Å². The molecule has 0 amide bonds. The summed E-state index contributed by atoms with van der Waals surface area (Å²) in [7, 11) is 0. The zero-order valence-electron chi connectivity index (χ0n) is 33.5. The monoisotopic (exact) mass is 779 g/mol. The second-order valence-corrected chi connectivity index (χ2v) is 20.4. The van der Waals surface area contributed by atoms with Gasteiger partial charge in [-0.25, -0.2) is 0 Å². The summed E-state index contributed by atoms with van der Waals surface area (Å²) in [6, 6.07) is 59.9. The first kappa shape index (κ1) is 33.2. The summed E-state index contributed by atoms with van der Waals surface area (Å²) < 4.78 is 9.60. The topological polar surface area (TPSA) is 12.5 Å². The third kappa shape index (κ3) is 3.86. The number of hydrogen-bond acceptors (Lipinski definition) is 3. The molecular formula is C56H45NOS. The molecule has 0 N–H and O–H groups in total. The lowest BCUT2D eigenvalue weighted by molar-refractivity contribution is -0.198. The molecule has 2 heterocycles. The number of benzene rings is 7. The van der Waals surface area contributed by atoms with E-state index in [-0.39, 0.29) is 5.41 Å². The molecule has 0 saturated heterocycles. The van der Waals surface area contributed by atoms with Gasteiger partial charge in [-0.3, -0.25) is 0 Å². The highest BCUT2D eigenvalue weighted by Crippen LogP contribution is 2.86. The van der Waals surface area contributed by atoms with Crippen LogP contribution >= 0.6 is 11.3 Å². The predicted octanol–water partition coefficient (Wildman–Crippen LogP) is 14.7. The van der Waals surface area contributed by atoms with Crippen LogP contribution in [-0.4, -0.2) is 0 Å². The van der Waals surface area contributed by atoms with E-state index in [1.807, 2.05) is 11.3 Å². The lowest BCUT2D eigenvalue weighted by Crippen LogP contribution is -2.68. The predicted molar refractivity (Wildman–Crippen MR) is 242 cm³/mol. The molecule has 4 saturated carbocycles. The lowest BCUT2D eigenvalue weighted by atomic mass is 9.31. The summed E-state index contributed by atoms with van der Waals surface area (Å²) in [6.45, 7) is 4.78. The second kappa shape index (κ2) is 11.1. The Kier molecular flexibility index (Phi) is 6.27. The van der Waals surface area contributed by atoms with Crippen LogP contribution < -0.4 is 9.64 Å². The van der Waals surface area contributed by atoms with Crippen LogP contribution in [0.15, 0.2) is 158 Å². The average molecular weight is 780 g/mol. The summed E-state index contributed by atoms with van der Waals surface area (Å²) in [5.41, 5.74) is 13.2. The molecule has 6 aliphatic rings. The van der Waals surface area contributed by atoms with E-state index in [0.29, 0.717) is 10.8 Å². The maximum absolute atomic E-state index is 6.96. The number of nitrogens with zero attached hydrogens (tertiary/aromatic N) is 1. The lowest BCUT2D eigenvalue weighted by Gasteiger charge is -2.73. The molecule has 59 heavy (non-hydrogen) atoms. The molecule has 286 valence electrons. The molecule has 5 atom stereocenters. The van der Waals surface area contributed by atoms with E-state index in [9.17, 15) is 0 Å². The van der Waals surface area contributed by atoms with Crippen molar-refractivity contribution in [3.8, 4) is 11.5 Å². The van der Waals surface area contributed by atoms with E-state index in [1.54, 1.807) is 5.56 Å². The van der Waals surface area contributed by atoms with Crippen molar-refractivity contribution in [1.82, 2.24) is 0 Å². The number of hydrogen-bond donors (Lipinski definition) is 0. The highest BCUT2D eigenvalue weighted by Gasteiger charge is 2.80. The molecule has 2 spiro atoms. The normalized spacial score (nSPS) is 26.5. The van der Waals surface area contributed by atoms with Crippen molar-refractivity contribution in [2.24, 2.45) is 23.2 Å². The van der Waals surface area contributed by atoms with Crippen LogP contribution in [0, 0.1) is 23.2 Å². The summed E-state index contributed by atoms with van der Waals surface area (Å²) in [5, 5.41) is 2.63. The fraction of sp³-hybridized carbons (Fsp3) is 0.250. The van der Waals surface area contributed by atoms with Crippen LogP contribution in [0.3, 0.4) is 0 Å². The first-order chi connectivity index (χ1) is 28.9. The third-order valence-corrected chi connectivity index (χ3v) is 18.1. The Morgan fingerprint density at radius 1 is 0.542 bits per heavy atom. The molecule has 1 aliphatic heterocycles. The number of para-hydroxylation sites is 1. The van der Waals surface area contributed by atoms with Crippen molar-refractivity contribution in [2.75, 3.05) is 4.90 Å². The molecule has 5 unspecified atom stereocenters. The minimum absolute atomic E-state index is 0.175. The van der Waals surface area contributed by atoms with Gasteiger partial charge in [0.1, 0.15) is 11.5 Å². The van der Waals surface area contributed by atoms with Crippen LogP contribution in [-0.2, 0) is 16.2 Å². The molecule has 5 aliphatic carbocycles. The van der Waals surface area contributed by atoms with Crippen molar-refractivity contribution in [2.45, 2.75) is 62.2 Å². The Hall–Kier alpha value is -5.64. The molecule has 14 rings (SSSR count). The third-order valence-electron chi connectivity index (χ3n) is 16.8. The first-order valence-corrected chi connectivity index (χ1v) is 22.7. The number of fused-ring (bicyclic) bond motifs is 12. The van der Waals surface area contributed by atoms with E-state index in [2.05, 4.69) is 176 Å². The summed E-state index contributed by atoms with van der Waals surface area (Å²) in [5.74, 6) is 4.71. The maximum Gasteiger partial charge on any atom is 0.132 e. The summed E-state index contributed by atoms with van der Waals surface area (Å²) in [6.07, 6.45) is 7.26. The van der Waals surface area contributed by atoms with Gasteiger partial charge in [0.25, 0.3) is 0 Å². The van der Waals surface area contributed by atoms with Gasteiger partial charge in [0.05, 0.1) is 15.8 Å². The van der Waals surface area contributed by atoms with E-state index in [0.717, 1.165) is 34.9 Å². The van der Waals surface area contributed by atoms with Crippen molar-refractivity contribution in [3.05, 3.63) is 197 Å². The Labute approximate surface area is 350 Å². The minimum atomic E-state index is -0.581. The minimum Gasteiger partial charge on any atom is -0.457 e. The Morgan fingerprint density at radius 3 is 1.97 bits per heavy atom. The Bertz CT molecular complexity index is 3050. The quantitative estimate of drug-likeness (QED) is 0.176. The van der Waals surface area contributed by atoms with Crippen molar-refractivity contribution in [3.63, 3.8) is 0 Å². The first-order valence-electron chi connectivity index (χ1n) is 21.8. The number of ether oxygens (including phenoxy) is 1. The van der Waals surface area contributed by atoms with Crippen molar-refractivity contribution in [1.29, 1.82) is 0 Å². The fourth-order valence-corrected chi connectivity index (χ4v) is 15.9. The van der Waals surface area contributed by atoms with Gasteiger partial charge in [0.2, 0.25) is 0 Å². The summed E-state index contributed by atoms with van der Waals surface area (Å²) in [4.78, 5) is 2.55. The number of rotatable bonds is 4. The zero-order chi connectivity index (χ0) is 38.9. The Balaban J connectivity index is 1.02. The van der Waals surface area contributed by atoms with Gasteiger partial charge < -0.3 is 9.64 Å². The van der Waals surface area contributed by atoms with Gasteiger partial charge in [0.15, 0.2) is 0 Å². The Morgan fingerprint density at radius 2 is 1.20 bits per heavy atom. The molecule has 7 aromatic carbocycles. The largest absolute Gasteiger partial charge is 0.457 e. The van der Waals surface area contributed by atoms with Crippen LogP contribution in [0.25, 0.3) is 20.2 Å².